The maximum absolute atomic E-state index is 12.2. The smallest absolute Gasteiger partial charge is 0.227 e. The molecule has 0 bridgehead atoms. The highest BCUT2D eigenvalue weighted by Gasteiger charge is 2.31. The summed E-state index contributed by atoms with van der Waals surface area (Å²) in [5.74, 6) is 1.47. The van der Waals surface area contributed by atoms with Crippen LogP contribution in [0.15, 0.2) is 0 Å². The Hall–Kier alpha value is -0.570. The minimum Gasteiger partial charge on any atom is -0.342 e. The molecule has 0 radical (unpaired) electrons. The molecule has 1 saturated heterocycles. The lowest BCUT2D eigenvalue weighted by molar-refractivity contribution is -0.135. The van der Waals surface area contributed by atoms with Gasteiger partial charge >= 0.3 is 0 Å². The summed E-state index contributed by atoms with van der Waals surface area (Å²) in [6.45, 7) is 6.03. The molecule has 2 fully saturated rings. The van der Waals surface area contributed by atoms with Gasteiger partial charge in [0, 0.05) is 19.6 Å². The first kappa shape index (κ1) is 10.9. The van der Waals surface area contributed by atoms with Crippen molar-refractivity contribution in [3.05, 3.63) is 0 Å². The Bertz CT molecular complexity index is 220. The maximum Gasteiger partial charge on any atom is 0.227 e. The summed E-state index contributed by atoms with van der Waals surface area (Å²) in [6, 6.07) is 0. The van der Waals surface area contributed by atoms with Gasteiger partial charge in [0.05, 0.1) is 5.92 Å². The van der Waals surface area contributed by atoms with Gasteiger partial charge in [-0.3, -0.25) is 4.79 Å². The lowest BCUT2D eigenvalue weighted by atomic mass is 10.1. The number of amides is 1. The summed E-state index contributed by atoms with van der Waals surface area (Å²) in [7, 11) is 0. The Labute approximate surface area is 92.2 Å². The fourth-order valence-electron chi connectivity index (χ4n) is 2.30. The number of carbonyl (C=O) groups is 1. The zero-order valence-electron chi connectivity index (χ0n) is 9.67. The van der Waals surface area contributed by atoms with Crippen LogP contribution in [0.2, 0.25) is 0 Å². The van der Waals surface area contributed by atoms with Crippen molar-refractivity contribution in [3.63, 3.8) is 0 Å². The molecule has 0 aromatic carbocycles. The van der Waals surface area contributed by atoms with Gasteiger partial charge in [-0.25, -0.2) is 0 Å². The molecule has 1 aliphatic heterocycles. The molecule has 1 atom stereocenters. The highest BCUT2D eigenvalue weighted by atomic mass is 16.2. The SMILES string of the molecule is CCCN(CC1CC1)C(=O)C1CCNC1. The average molecular weight is 210 g/mol. The van der Waals surface area contributed by atoms with E-state index in [-0.39, 0.29) is 5.92 Å². The summed E-state index contributed by atoms with van der Waals surface area (Å²) in [5, 5.41) is 3.27. The van der Waals surface area contributed by atoms with Gasteiger partial charge in [0.25, 0.3) is 0 Å². The van der Waals surface area contributed by atoms with Gasteiger partial charge in [-0.15, -0.1) is 0 Å². The number of hydrogen-bond donors (Lipinski definition) is 1. The van der Waals surface area contributed by atoms with E-state index in [0.29, 0.717) is 5.91 Å². The molecule has 1 heterocycles. The van der Waals surface area contributed by atoms with Crippen LogP contribution in [0.25, 0.3) is 0 Å². The third-order valence-electron chi connectivity index (χ3n) is 3.39. The molecule has 0 aromatic rings. The van der Waals surface area contributed by atoms with Crippen LogP contribution in [0.4, 0.5) is 0 Å². The largest absolute Gasteiger partial charge is 0.342 e. The molecule has 2 aliphatic rings. The number of hydrogen-bond acceptors (Lipinski definition) is 2. The Balaban J connectivity index is 1.86. The molecule has 3 nitrogen and oxygen atoms in total. The van der Waals surface area contributed by atoms with Crippen LogP contribution < -0.4 is 5.32 Å². The Morgan fingerprint density at radius 1 is 1.40 bits per heavy atom. The Kier molecular flexibility index (Phi) is 3.62. The van der Waals surface area contributed by atoms with E-state index >= 15 is 0 Å². The molecule has 1 amide bonds. The molecule has 0 spiro atoms. The summed E-state index contributed by atoms with van der Waals surface area (Å²) < 4.78 is 0. The van der Waals surface area contributed by atoms with E-state index in [1.54, 1.807) is 0 Å². The van der Waals surface area contributed by atoms with Gasteiger partial charge in [-0.1, -0.05) is 6.92 Å². The molecule has 3 heteroatoms. The van der Waals surface area contributed by atoms with Gasteiger partial charge in [-0.05, 0) is 38.1 Å². The Morgan fingerprint density at radius 2 is 2.20 bits per heavy atom. The van der Waals surface area contributed by atoms with Gasteiger partial charge in [0.1, 0.15) is 0 Å². The number of carbonyl (C=O) groups excluding carboxylic acids is 1. The average Bonchev–Trinajstić information content (AvgIpc) is 2.88. The van der Waals surface area contributed by atoms with Crippen molar-refractivity contribution in [2.45, 2.75) is 32.6 Å². The Morgan fingerprint density at radius 3 is 2.73 bits per heavy atom. The second-order valence-corrected chi connectivity index (χ2v) is 4.92. The topological polar surface area (TPSA) is 32.3 Å². The highest BCUT2D eigenvalue weighted by Crippen LogP contribution is 2.30. The molecule has 2 rings (SSSR count). The molecular formula is C12H22N2O. The quantitative estimate of drug-likeness (QED) is 0.740. The zero-order valence-corrected chi connectivity index (χ0v) is 9.67. The van der Waals surface area contributed by atoms with Gasteiger partial charge in [-0.2, -0.15) is 0 Å². The van der Waals surface area contributed by atoms with E-state index in [9.17, 15) is 4.79 Å². The molecule has 1 unspecified atom stereocenters. The summed E-state index contributed by atoms with van der Waals surface area (Å²) in [6.07, 6.45) is 4.77. The third-order valence-corrected chi connectivity index (χ3v) is 3.39. The van der Waals surface area contributed by atoms with Crippen molar-refractivity contribution in [2.75, 3.05) is 26.2 Å². The first-order chi connectivity index (χ1) is 7.31. The molecule has 1 saturated carbocycles. The van der Waals surface area contributed by atoms with Gasteiger partial charge < -0.3 is 10.2 Å². The number of nitrogens with zero attached hydrogens (tertiary/aromatic N) is 1. The molecule has 86 valence electrons. The lowest BCUT2D eigenvalue weighted by Gasteiger charge is -2.24. The molecule has 0 aromatic heterocycles. The predicted octanol–water partition coefficient (Wildman–Crippen LogP) is 1.24. The number of nitrogens with one attached hydrogen (secondary N) is 1. The fourth-order valence-corrected chi connectivity index (χ4v) is 2.30. The second-order valence-electron chi connectivity index (χ2n) is 4.92. The van der Waals surface area contributed by atoms with Crippen LogP contribution in [0.5, 0.6) is 0 Å². The van der Waals surface area contributed by atoms with Crippen molar-refractivity contribution < 1.29 is 4.79 Å². The molecule has 1 aliphatic carbocycles. The summed E-state index contributed by atoms with van der Waals surface area (Å²) >= 11 is 0. The van der Waals surface area contributed by atoms with E-state index in [4.69, 9.17) is 0 Å². The normalized spacial score (nSPS) is 25.5. The van der Waals surface area contributed by atoms with Gasteiger partial charge in [0.2, 0.25) is 5.91 Å². The minimum atomic E-state index is 0.260. The van der Waals surface area contributed by atoms with Crippen LogP contribution in [0, 0.1) is 11.8 Å². The van der Waals surface area contributed by atoms with E-state index in [1.807, 2.05) is 0 Å². The van der Waals surface area contributed by atoms with E-state index in [2.05, 4.69) is 17.1 Å². The minimum absolute atomic E-state index is 0.260. The molecular weight excluding hydrogens is 188 g/mol. The van der Waals surface area contributed by atoms with Crippen molar-refractivity contribution in [1.82, 2.24) is 10.2 Å². The van der Waals surface area contributed by atoms with Crippen LogP contribution in [0.1, 0.15) is 32.6 Å². The highest BCUT2D eigenvalue weighted by molar-refractivity contribution is 5.79. The predicted molar refractivity (Wildman–Crippen MR) is 60.6 cm³/mol. The van der Waals surface area contributed by atoms with E-state index in [0.717, 1.165) is 44.9 Å². The summed E-state index contributed by atoms with van der Waals surface area (Å²) in [4.78, 5) is 14.3. The van der Waals surface area contributed by atoms with Crippen LogP contribution >= 0.6 is 0 Å². The van der Waals surface area contributed by atoms with Crippen LogP contribution in [0.3, 0.4) is 0 Å². The fraction of sp³-hybridized carbons (Fsp3) is 0.917. The summed E-state index contributed by atoms with van der Waals surface area (Å²) in [5.41, 5.74) is 0. The molecule has 1 N–H and O–H groups in total. The first-order valence-corrected chi connectivity index (χ1v) is 6.30. The third kappa shape index (κ3) is 2.94. The van der Waals surface area contributed by atoms with Gasteiger partial charge in [0.15, 0.2) is 0 Å². The zero-order chi connectivity index (χ0) is 10.7. The first-order valence-electron chi connectivity index (χ1n) is 6.30. The van der Waals surface area contributed by atoms with E-state index in [1.165, 1.54) is 12.8 Å². The van der Waals surface area contributed by atoms with Crippen LogP contribution in [-0.4, -0.2) is 37.0 Å². The van der Waals surface area contributed by atoms with Crippen molar-refractivity contribution in [2.24, 2.45) is 11.8 Å². The van der Waals surface area contributed by atoms with Crippen molar-refractivity contribution >= 4 is 5.91 Å². The monoisotopic (exact) mass is 210 g/mol. The second kappa shape index (κ2) is 4.97. The van der Waals surface area contributed by atoms with E-state index < -0.39 is 0 Å². The van der Waals surface area contributed by atoms with Crippen molar-refractivity contribution in [3.8, 4) is 0 Å². The van der Waals surface area contributed by atoms with Crippen LogP contribution in [-0.2, 0) is 4.79 Å². The maximum atomic E-state index is 12.2. The van der Waals surface area contributed by atoms with Crippen molar-refractivity contribution in [1.29, 1.82) is 0 Å². The standard InChI is InChI=1S/C12H22N2O/c1-2-7-14(9-10-3-4-10)12(15)11-5-6-13-8-11/h10-11,13H,2-9H2,1H3. The number of rotatable bonds is 5. The lowest BCUT2D eigenvalue weighted by Crippen LogP contribution is -2.38. The molecule has 15 heavy (non-hydrogen) atoms.